The average Bonchev–Trinajstić information content (AvgIpc) is 3.67. The molecule has 0 unspecified atom stereocenters. The van der Waals surface area contributed by atoms with Gasteiger partial charge in [0.05, 0.1) is 17.3 Å². The van der Waals surface area contributed by atoms with Crippen LogP contribution in [0.5, 0.6) is 11.5 Å². The van der Waals surface area contributed by atoms with Crippen LogP contribution in [0.2, 0.25) is 0 Å². The second-order valence-electron chi connectivity index (χ2n) is 11.9. The van der Waals surface area contributed by atoms with Gasteiger partial charge in [0.25, 0.3) is 0 Å². The molecule has 0 saturated carbocycles. The van der Waals surface area contributed by atoms with E-state index in [4.69, 9.17) is 4.74 Å². The average molecular weight is 864 g/mol. The van der Waals surface area contributed by atoms with Gasteiger partial charge in [-0.05, 0) is 65.4 Å². The molecule has 0 fully saturated rings. The fourth-order valence-corrected chi connectivity index (χ4v) is 5.96. The van der Waals surface area contributed by atoms with Crippen LogP contribution in [-0.2, 0) is 33.4 Å². The summed E-state index contributed by atoms with van der Waals surface area (Å²) in [4.78, 5) is 4.65. The van der Waals surface area contributed by atoms with Crippen LogP contribution >= 0.6 is 0 Å². The maximum Gasteiger partial charge on any atom is 2.00 e. The Labute approximate surface area is 297 Å². The second-order valence-corrected chi connectivity index (χ2v) is 11.9. The molecule has 0 radical (unpaired) electrons. The molecule has 0 aliphatic heterocycles. The molecular weight excluding hydrogens is 838 g/mol. The number of aryl methyl sites for hydroxylation is 1. The van der Waals surface area contributed by atoms with Gasteiger partial charge in [-0.25, -0.2) is 4.98 Å². The summed E-state index contributed by atoms with van der Waals surface area (Å²) in [5.41, 5.74) is -1.24. The van der Waals surface area contributed by atoms with Gasteiger partial charge < -0.3 is 9.30 Å². The Balaban J connectivity index is 0.00000432. The van der Waals surface area contributed by atoms with Crippen molar-refractivity contribution < 1.29 is 52.1 Å². The number of nitrogens with zero attached hydrogens (tertiary/aromatic N) is 4. The quantitative estimate of drug-likeness (QED) is 0.124. The van der Waals surface area contributed by atoms with Crippen LogP contribution in [0.4, 0.5) is 26.3 Å². The number of hydrogen-bond acceptors (Lipinski definition) is 3. The maximum absolute atomic E-state index is 14.0. The molecule has 12 heteroatoms. The monoisotopic (exact) mass is 863 g/mol. The van der Waals surface area contributed by atoms with Crippen molar-refractivity contribution in [1.82, 2.24) is 19.3 Å². The van der Waals surface area contributed by atoms with Crippen LogP contribution in [0.3, 0.4) is 0 Å². The molecule has 0 spiro atoms. The normalized spacial score (nSPS) is 12.1. The van der Waals surface area contributed by atoms with Crippen molar-refractivity contribution in [1.29, 1.82) is 0 Å². The fourth-order valence-electron chi connectivity index (χ4n) is 5.96. The van der Waals surface area contributed by atoms with E-state index in [0.717, 1.165) is 50.3 Å². The van der Waals surface area contributed by atoms with Crippen LogP contribution in [0.15, 0.2) is 97.5 Å². The molecular formula is C38H26F6N4OPt. The standard InChI is InChI=1S/C38H26F6N4O.Pt/c1-22(2)24-13-14-45-35(17-24)48-33-10-5-4-9-29(33)30-12-11-28(19-34(30)48)49-27-8-6-7-26(18-27)47-21-25(20-46-47)36-31(37(39,40)41)15-23(3)16-32(36)38(42,43)44;/h4-17,20-22H,1-3H3;/q-2;+2. The Bertz CT molecular complexity index is 2320. The topological polar surface area (TPSA) is 44.9 Å². The fraction of sp³-hybridized carbons (Fsp3) is 0.158. The molecule has 3 aromatic heterocycles. The number of benzene rings is 4. The van der Waals surface area contributed by atoms with E-state index < -0.39 is 29.0 Å². The number of alkyl halides is 6. The van der Waals surface area contributed by atoms with Crippen LogP contribution < -0.4 is 4.74 Å². The summed E-state index contributed by atoms with van der Waals surface area (Å²) in [7, 11) is 0. The molecule has 256 valence electrons. The van der Waals surface area contributed by atoms with Crippen LogP contribution in [0, 0.1) is 19.1 Å². The van der Waals surface area contributed by atoms with Gasteiger partial charge in [-0.1, -0.05) is 37.6 Å². The maximum atomic E-state index is 14.0. The van der Waals surface area contributed by atoms with Crippen molar-refractivity contribution in [3.8, 4) is 34.1 Å². The zero-order chi connectivity index (χ0) is 34.7. The van der Waals surface area contributed by atoms with E-state index in [1.165, 1.54) is 6.92 Å². The molecule has 4 aromatic carbocycles. The number of para-hydroxylation sites is 1. The SMILES string of the molecule is Cc1cc(C(F)(F)F)c(-c2cnn(-c3[c-]c(Oc4[c-]c5c(cc4)c4ccccc4n5-c4cc(C(C)C)ccn4)ccc3)c2)c(C(F)(F)F)c1.[Pt+2]. The predicted molar refractivity (Wildman–Crippen MR) is 174 cm³/mol. The van der Waals surface area contributed by atoms with Gasteiger partial charge in [-0.15, -0.1) is 35.7 Å². The summed E-state index contributed by atoms with van der Waals surface area (Å²) in [6.45, 7) is 5.41. The Morgan fingerprint density at radius 2 is 1.48 bits per heavy atom. The van der Waals surface area contributed by atoms with E-state index in [1.807, 2.05) is 47.0 Å². The molecule has 50 heavy (non-hydrogen) atoms. The van der Waals surface area contributed by atoms with Gasteiger partial charge in [0.15, 0.2) is 0 Å². The van der Waals surface area contributed by atoms with Gasteiger partial charge in [0, 0.05) is 40.5 Å². The van der Waals surface area contributed by atoms with Gasteiger partial charge in [-0.3, -0.25) is 4.68 Å². The molecule has 0 aliphatic rings. The van der Waals surface area contributed by atoms with E-state index >= 15 is 0 Å². The van der Waals surface area contributed by atoms with E-state index in [1.54, 1.807) is 30.5 Å². The van der Waals surface area contributed by atoms with Gasteiger partial charge in [0.2, 0.25) is 0 Å². The van der Waals surface area contributed by atoms with E-state index in [0.29, 0.717) is 23.8 Å². The van der Waals surface area contributed by atoms with Crippen LogP contribution in [-0.4, -0.2) is 19.3 Å². The molecule has 0 amide bonds. The van der Waals surface area contributed by atoms with Gasteiger partial charge in [0.1, 0.15) is 5.82 Å². The van der Waals surface area contributed by atoms with Crippen molar-refractivity contribution in [2.75, 3.05) is 0 Å². The number of aromatic nitrogens is 4. The van der Waals surface area contributed by atoms with Gasteiger partial charge in [-0.2, -0.15) is 43.6 Å². The number of fused-ring (bicyclic) bond motifs is 3. The Kier molecular flexibility index (Phi) is 9.16. The first kappa shape index (κ1) is 35.0. The third-order valence-corrected chi connectivity index (χ3v) is 8.21. The van der Waals surface area contributed by atoms with Crippen molar-refractivity contribution in [2.45, 2.75) is 39.0 Å². The largest absolute Gasteiger partial charge is 2.00 e. The predicted octanol–water partition coefficient (Wildman–Crippen LogP) is 10.9. The molecule has 0 N–H and O–H groups in total. The summed E-state index contributed by atoms with van der Waals surface area (Å²) in [6, 6.07) is 28.2. The third kappa shape index (κ3) is 6.54. The Hall–Kier alpha value is -4.89. The summed E-state index contributed by atoms with van der Waals surface area (Å²) in [5.74, 6) is 1.61. The molecule has 5 nitrogen and oxygen atoms in total. The number of pyridine rings is 1. The third-order valence-electron chi connectivity index (χ3n) is 8.21. The zero-order valence-electron chi connectivity index (χ0n) is 26.6. The number of halogens is 6. The molecule has 0 aliphatic carbocycles. The number of ether oxygens (including phenoxy) is 1. The summed E-state index contributed by atoms with van der Waals surface area (Å²) < 4.78 is 93.2. The van der Waals surface area contributed by atoms with E-state index in [-0.39, 0.29) is 43.6 Å². The summed E-state index contributed by atoms with van der Waals surface area (Å²) >= 11 is 0. The zero-order valence-corrected chi connectivity index (χ0v) is 28.9. The molecule has 3 heterocycles. The Morgan fingerprint density at radius 3 is 2.18 bits per heavy atom. The smallest absolute Gasteiger partial charge is 0.509 e. The minimum absolute atomic E-state index is 0. The molecule has 0 atom stereocenters. The molecule has 0 bridgehead atoms. The van der Waals surface area contributed by atoms with Crippen molar-refractivity contribution in [3.63, 3.8) is 0 Å². The number of hydrogen-bond donors (Lipinski definition) is 0. The minimum atomic E-state index is -5.03. The van der Waals surface area contributed by atoms with Gasteiger partial charge >= 0.3 is 33.4 Å². The van der Waals surface area contributed by atoms with Crippen molar-refractivity contribution in [3.05, 3.63) is 132 Å². The summed E-state index contributed by atoms with van der Waals surface area (Å²) in [5, 5.41) is 6.04. The Morgan fingerprint density at radius 1 is 0.780 bits per heavy atom. The molecule has 0 saturated heterocycles. The van der Waals surface area contributed by atoms with E-state index in [9.17, 15) is 26.3 Å². The first-order valence-electron chi connectivity index (χ1n) is 15.2. The molecule has 7 aromatic rings. The first-order valence-corrected chi connectivity index (χ1v) is 15.2. The minimum Gasteiger partial charge on any atom is -0.509 e. The van der Waals surface area contributed by atoms with Crippen molar-refractivity contribution in [2.24, 2.45) is 0 Å². The number of rotatable bonds is 6. The van der Waals surface area contributed by atoms with E-state index in [2.05, 4.69) is 36.1 Å². The van der Waals surface area contributed by atoms with Crippen molar-refractivity contribution >= 4 is 21.8 Å². The van der Waals surface area contributed by atoms with Crippen LogP contribution in [0.1, 0.15) is 42.0 Å². The second kappa shape index (κ2) is 13.1. The first-order chi connectivity index (χ1) is 23.3. The van der Waals surface area contributed by atoms with Crippen LogP contribution in [0.25, 0.3) is 44.4 Å². The molecule has 7 rings (SSSR count). The summed E-state index contributed by atoms with van der Waals surface area (Å²) in [6.07, 6.45) is -6.20.